The van der Waals surface area contributed by atoms with Crippen molar-refractivity contribution in [1.82, 2.24) is 0 Å². The maximum absolute atomic E-state index is 3.67. The average molecular weight is 576 g/mol. The van der Waals surface area contributed by atoms with Crippen molar-refractivity contribution in [1.29, 1.82) is 0 Å². The normalized spacial score (nSPS) is 13.4. The smallest absolute Gasteiger partial charge is 0.109 e. The van der Waals surface area contributed by atoms with Crippen LogP contribution in [0, 0.1) is 12.1 Å². The Morgan fingerprint density at radius 1 is 0.861 bits per heavy atom. The SMILES string of the molecule is CC(C)(C)c1[c-]c2c(cc1)-c1ccc(C(C)(C)C)cc1C2.CCCC[Si](=[Zr+2])CCCC.[C-]1=CC=CC1. The zero-order valence-corrected chi connectivity index (χ0v) is 27.7. The Hall–Kier alpha value is -0.980. The van der Waals surface area contributed by atoms with Gasteiger partial charge in [-0.2, -0.15) is 29.8 Å². The zero-order chi connectivity index (χ0) is 26.8. The second-order valence-electron chi connectivity index (χ2n) is 12.1. The van der Waals surface area contributed by atoms with E-state index in [-0.39, 0.29) is 16.3 Å². The molecule has 2 aliphatic rings. The number of hydrogen-bond acceptors (Lipinski definition) is 0. The Labute approximate surface area is 238 Å². The molecule has 0 atom stereocenters. The molecule has 0 bridgehead atoms. The maximum Gasteiger partial charge on any atom is -0.109 e. The quantitative estimate of drug-likeness (QED) is 0.203. The summed E-state index contributed by atoms with van der Waals surface area (Å²) >= 11 is 1.86. The van der Waals surface area contributed by atoms with Gasteiger partial charge in [-0.1, -0.05) is 65.3 Å². The minimum Gasteiger partial charge on any atom is -0.273 e. The average Bonchev–Trinajstić information content (AvgIpc) is 3.51. The van der Waals surface area contributed by atoms with Crippen molar-refractivity contribution in [2.75, 3.05) is 0 Å². The standard InChI is InChI=1S/C21H25.C8H18Si.C5H5.Zr/c1-20(2,3)16-7-9-18-14(12-16)11-15-13-17(21(4,5)6)8-10-19(15)18;1-3-5-7-9-8-6-4-2;1-2-4-5-3-1;/h7-10,12H,11H2,1-6H3;3-8H2,1-2H3;1-3H,4H2;/q-1;;-1;+2. The predicted octanol–water partition coefficient (Wildman–Crippen LogP) is 10.1. The first-order valence-electron chi connectivity index (χ1n) is 13.9. The van der Waals surface area contributed by atoms with Gasteiger partial charge >= 0.3 is 80.4 Å². The van der Waals surface area contributed by atoms with Gasteiger partial charge in [0.15, 0.2) is 0 Å². The second kappa shape index (κ2) is 14.8. The van der Waals surface area contributed by atoms with E-state index >= 15 is 0 Å². The first-order chi connectivity index (χ1) is 17.0. The predicted molar refractivity (Wildman–Crippen MR) is 158 cm³/mol. The summed E-state index contributed by atoms with van der Waals surface area (Å²) < 4.78 is 0. The number of unbranched alkanes of at least 4 members (excludes halogenated alkanes) is 2. The molecule has 0 fully saturated rings. The van der Waals surface area contributed by atoms with Gasteiger partial charge < -0.3 is 0 Å². The molecule has 0 N–H and O–H groups in total. The van der Waals surface area contributed by atoms with E-state index < -0.39 is 0 Å². The molecule has 0 heterocycles. The van der Waals surface area contributed by atoms with Crippen molar-refractivity contribution in [2.24, 2.45) is 0 Å². The third kappa shape index (κ3) is 10.1. The van der Waals surface area contributed by atoms with Gasteiger partial charge in [0.1, 0.15) is 0 Å². The first-order valence-corrected chi connectivity index (χ1v) is 19.5. The zero-order valence-electron chi connectivity index (χ0n) is 24.3. The maximum atomic E-state index is 3.67. The van der Waals surface area contributed by atoms with Gasteiger partial charge in [-0.15, -0.1) is 17.5 Å². The Bertz CT molecular complexity index is 962. The van der Waals surface area contributed by atoms with E-state index in [1.165, 1.54) is 59.1 Å². The summed E-state index contributed by atoms with van der Waals surface area (Å²) in [7, 11) is 0. The van der Waals surface area contributed by atoms with Crippen LogP contribution in [0.3, 0.4) is 0 Å². The molecule has 36 heavy (non-hydrogen) atoms. The summed E-state index contributed by atoms with van der Waals surface area (Å²) in [6.45, 7) is 18.2. The molecule has 0 unspecified atom stereocenters. The van der Waals surface area contributed by atoms with Crippen LogP contribution in [-0.4, -0.2) is 5.43 Å². The molecule has 0 aromatic heterocycles. The Morgan fingerprint density at radius 2 is 1.50 bits per heavy atom. The summed E-state index contributed by atoms with van der Waals surface area (Å²) in [4.78, 5) is 0. The van der Waals surface area contributed by atoms with Crippen molar-refractivity contribution in [3.8, 4) is 11.1 Å². The minimum atomic E-state index is 0.167. The van der Waals surface area contributed by atoms with Crippen LogP contribution in [-0.2, 0) is 40.6 Å². The molecular formula is C34H48SiZr. The minimum absolute atomic E-state index is 0.167. The van der Waals surface area contributed by atoms with Crippen molar-refractivity contribution in [3.05, 3.63) is 83.0 Å². The van der Waals surface area contributed by atoms with E-state index in [0.717, 1.165) is 12.8 Å². The van der Waals surface area contributed by atoms with Gasteiger partial charge in [-0.3, -0.25) is 6.08 Å². The van der Waals surface area contributed by atoms with Crippen LogP contribution in [0.15, 0.2) is 48.6 Å². The molecule has 2 aromatic rings. The number of hydrogen-bond donors (Lipinski definition) is 0. The van der Waals surface area contributed by atoms with Crippen LogP contribution in [0.5, 0.6) is 0 Å². The van der Waals surface area contributed by atoms with E-state index in [1.54, 1.807) is 12.1 Å². The van der Waals surface area contributed by atoms with E-state index in [1.807, 2.05) is 35.5 Å². The van der Waals surface area contributed by atoms with Crippen LogP contribution in [0.1, 0.15) is 110 Å². The van der Waals surface area contributed by atoms with Gasteiger partial charge in [-0.25, -0.2) is 12.2 Å². The molecule has 0 saturated carbocycles. The molecule has 2 aromatic carbocycles. The summed E-state index contributed by atoms with van der Waals surface area (Å²) in [5.74, 6) is 0. The molecule has 0 radical (unpaired) electrons. The first kappa shape index (κ1) is 31.2. The summed E-state index contributed by atoms with van der Waals surface area (Å²) in [5.41, 5.74) is 8.88. The van der Waals surface area contributed by atoms with E-state index in [4.69, 9.17) is 0 Å². The Morgan fingerprint density at radius 3 is 1.97 bits per heavy atom. The number of benzene rings is 2. The van der Waals surface area contributed by atoms with Crippen molar-refractivity contribution < 1.29 is 23.3 Å². The van der Waals surface area contributed by atoms with E-state index in [9.17, 15) is 0 Å². The Balaban J connectivity index is 0.000000252. The molecule has 0 amide bonds. The van der Waals surface area contributed by atoms with Crippen molar-refractivity contribution >= 4 is 5.43 Å². The van der Waals surface area contributed by atoms with Crippen LogP contribution >= 0.6 is 0 Å². The summed E-state index contributed by atoms with van der Waals surface area (Å²) in [5, 5.41) is 0. The monoisotopic (exact) mass is 574 g/mol. The molecule has 0 saturated heterocycles. The van der Waals surface area contributed by atoms with Gasteiger partial charge in [0, 0.05) is 0 Å². The fourth-order valence-corrected chi connectivity index (χ4v) is 8.69. The van der Waals surface area contributed by atoms with Gasteiger partial charge in [0.2, 0.25) is 0 Å². The molecule has 2 heteroatoms. The fourth-order valence-electron chi connectivity index (χ4n) is 4.27. The Kier molecular flexibility index (Phi) is 12.9. The van der Waals surface area contributed by atoms with E-state index in [2.05, 4.69) is 104 Å². The number of rotatable bonds is 6. The fraction of sp³-hybridized carbons (Fsp3) is 0.529. The number of allylic oxidation sites excluding steroid dienone is 4. The van der Waals surface area contributed by atoms with Crippen LogP contribution in [0.2, 0.25) is 12.1 Å². The van der Waals surface area contributed by atoms with Gasteiger partial charge in [0.05, 0.1) is 0 Å². The van der Waals surface area contributed by atoms with Gasteiger partial charge in [0.25, 0.3) is 0 Å². The third-order valence-electron chi connectivity index (χ3n) is 6.71. The molecule has 2 aliphatic carbocycles. The van der Waals surface area contributed by atoms with Crippen molar-refractivity contribution in [2.45, 2.75) is 117 Å². The van der Waals surface area contributed by atoms with Crippen LogP contribution < -0.4 is 0 Å². The topological polar surface area (TPSA) is 0 Å². The van der Waals surface area contributed by atoms with Crippen LogP contribution in [0.25, 0.3) is 11.1 Å². The summed E-state index contributed by atoms with van der Waals surface area (Å²) in [6, 6.07) is 18.3. The summed E-state index contributed by atoms with van der Waals surface area (Å²) in [6.07, 6.45) is 16.8. The van der Waals surface area contributed by atoms with Crippen LogP contribution in [0.4, 0.5) is 0 Å². The molecule has 192 valence electrons. The molecule has 0 aliphatic heterocycles. The largest absolute Gasteiger partial charge is 0.273 e. The third-order valence-corrected chi connectivity index (χ3v) is 12.3. The van der Waals surface area contributed by atoms with E-state index in [0.29, 0.717) is 0 Å². The molecule has 0 spiro atoms. The second-order valence-corrected chi connectivity index (χ2v) is 19.5. The van der Waals surface area contributed by atoms with Crippen molar-refractivity contribution in [3.63, 3.8) is 0 Å². The van der Waals surface area contributed by atoms with Gasteiger partial charge in [-0.05, 0) is 28.4 Å². The number of fused-ring (bicyclic) bond motifs is 3. The molecule has 4 rings (SSSR count). The molecular weight excluding hydrogens is 528 g/mol. The molecule has 0 nitrogen and oxygen atoms in total.